The summed E-state index contributed by atoms with van der Waals surface area (Å²) in [6.07, 6.45) is -3.43. The van der Waals surface area contributed by atoms with Gasteiger partial charge >= 0.3 is 12.1 Å². The van der Waals surface area contributed by atoms with Crippen molar-refractivity contribution < 1.29 is 32.3 Å². The normalized spacial score (nSPS) is 16.9. The van der Waals surface area contributed by atoms with Crippen molar-refractivity contribution in [3.05, 3.63) is 71.3 Å². The van der Waals surface area contributed by atoms with Crippen LogP contribution in [0.1, 0.15) is 34.6 Å². The van der Waals surface area contributed by atoms with Gasteiger partial charge < -0.3 is 14.6 Å². The van der Waals surface area contributed by atoms with E-state index < -0.39 is 12.1 Å². The number of fused-ring (bicyclic) bond motifs is 2. The first-order valence-electron chi connectivity index (χ1n) is 11.9. The van der Waals surface area contributed by atoms with Gasteiger partial charge in [0.05, 0.1) is 12.1 Å². The van der Waals surface area contributed by atoms with Crippen LogP contribution >= 0.6 is 0 Å². The molecule has 0 bridgehead atoms. The van der Waals surface area contributed by atoms with E-state index in [-0.39, 0.29) is 17.3 Å². The molecular weight excluding hydrogens is 506 g/mol. The summed E-state index contributed by atoms with van der Waals surface area (Å²) in [7, 11) is 2.10. The Labute approximate surface area is 216 Å². The molecule has 2 aliphatic heterocycles. The number of carboxylic acids is 1. The Kier molecular flexibility index (Phi) is 7.54. The van der Waals surface area contributed by atoms with Crippen LogP contribution in [0.3, 0.4) is 0 Å². The van der Waals surface area contributed by atoms with Crippen LogP contribution in [0.4, 0.5) is 17.6 Å². The molecule has 1 amide bonds. The molecule has 3 aromatic rings. The predicted molar refractivity (Wildman–Crippen MR) is 130 cm³/mol. The van der Waals surface area contributed by atoms with E-state index in [2.05, 4.69) is 26.7 Å². The molecule has 12 heteroatoms. The second-order valence-electron chi connectivity index (χ2n) is 9.64. The highest BCUT2D eigenvalue weighted by atomic mass is 19.4. The van der Waals surface area contributed by atoms with Crippen LogP contribution in [0.15, 0.2) is 48.5 Å². The Morgan fingerprint density at radius 2 is 1.66 bits per heavy atom. The Morgan fingerprint density at radius 1 is 1.03 bits per heavy atom. The maximum absolute atomic E-state index is 13.5. The van der Waals surface area contributed by atoms with Crippen molar-refractivity contribution in [1.82, 2.24) is 24.6 Å². The first-order valence-corrected chi connectivity index (χ1v) is 11.9. The number of likely N-dealkylation sites (N-methyl/N-ethyl adjacent to an activating group) is 1. The third kappa shape index (κ3) is 5.69. The molecule has 8 nitrogen and oxygen atoms in total. The molecule has 1 aromatic heterocycles. The van der Waals surface area contributed by atoms with Crippen molar-refractivity contribution in [1.29, 1.82) is 0 Å². The van der Waals surface area contributed by atoms with Crippen molar-refractivity contribution in [3.8, 4) is 11.4 Å². The molecule has 2 aliphatic rings. The van der Waals surface area contributed by atoms with Crippen LogP contribution in [0.5, 0.6) is 0 Å². The van der Waals surface area contributed by atoms with Gasteiger partial charge in [-0.05, 0) is 63.2 Å². The Bertz CT molecular complexity index is 1320. The van der Waals surface area contributed by atoms with E-state index in [1.165, 1.54) is 12.1 Å². The molecule has 0 saturated carbocycles. The summed E-state index contributed by atoms with van der Waals surface area (Å²) in [6.45, 7) is 4.97. The van der Waals surface area contributed by atoms with Crippen LogP contribution in [0.2, 0.25) is 0 Å². The summed E-state index contributed by atoms with van der Waals surface area (Å²) in [5, 5.41) is 16.1. The van der Waals surface area contributed by atoms with Gasteiger partial charge in [-0.2, -0.15) is 13.2 Å². The lowest BCUT2D eigenvalue weighted by Crippen LogP contribution is -2.56. The average Bonchev–Trinajstić information content (AvgIpc) is 3.29. The number of carbonyl (C=O) groups is 2. The molecule has 1 fully saturated rings. The topological polar surface area (TPSA) is 91.6 Å². The van der Waals surface area contributed by atoms with Gasteiger partial charge in [-0.3, -0.25) is 9.69 Å². The maximum atomic E-state index is 13.5. The molecule has 1 spiro atoms. The SMILES string of the molecule is Cc1cccc(C(=O)N2CCC3(CC2)CN(C)Cc2nnc(-c4ccc(F)cc4)n23)c1.O=C(O)C(F)(F)F. The van der Waals surface area contributed by atoms with E-state index in [1.807, 2.05) is 36.1 Å². The predicted octanol–water partition coefficient (Wildman–Crippen LogP) is 4.10. The quantitative estimate of drug-likeness (QED) is 0.499. The first kappa shape index (κ1) is 27.2. The minimum Gasteiger partial charge on any atom is -0.475 e. The summed E-state index contributed by atoms with van der Waals surface area (Å²) >= 11 is 0. The van der Waals surface area contributed by atoms with Gasteiger partial charge in [0, 0.05) is 30.8 Å². The molecule has 1 N–H and O–H groups in total. The third-order valence-electron chi connectivity index (χ3n) is 6.77. The number of alkyl halides is 3. The van der Waals surface area contributed by atoms with Crippen LogP contribution in [0.25, 0.3) is 11.4 Å². The van der Waals surface area contributed by atoms with E-state index in [0.717, 1.165) is 54.3 Å². The number of likely N-dealkylation sites (tertiary alicyclic amines) is 1. The lowest BCUT2D eigenvalue weighted by molar-refractivity contribution is -0.192. The Morgan fingerprint density at radius 3 is 2.24 bits per heavy atom. The monoisotopic (exact) mass is 533 g/mol. The van der Waals surface area contributed by atoms with E-state index in [1.54, 1.807) is 12.1 Å². The van der Waals surface area contributed by atoms with Gasteiger partial charge in [0.1, 0.15) is 11.6 Å². The molecule has 0 unspecified atom stereocenters. The van der Waals surface area contributed by atoms with Crippen molar-refractivity contribution in [2.24, 2.45) is 0 Å². The van der Waals surface area contributed by atoms with Gasteiger partial charge in [-0.25, -0.2) is 9.18 Å². The molecule has 2 aromatic carbocycles. The minimum absolute atomic E-state index is 0.0884. The fraction of sp³-hybridized carbons (Fsp3) is 0.385. The number of rotatable bonds is 2. The third-order valence-corrected chi connectivity index (χ3v) is 6.77. The van der Waals surface area contributed by atoms with Crippen LogP contribution < -0.4 is 0 Å². The van der Waals surface area contributed by atoms with E-state index >= 15 is 0 Å². The molecule has 202 valence electrons. The van der Waals surface area contributed by atoms with E-state index in [4.69, 9.17) is 9.90 Å². The van der Waals surface area contributed by atoms with Gasteiger partial charge in [-0.15, -0.1) is 10.2 Å². The van der Waals surface area contributed by atoms with Crippen LogP contribution in [-0.2, 0) is 16.9 Å². The summed E-state index contributed by atoms with van der Waals surface area (Å²) in [5.41, 5.74) is 2.52. The smallest absolute Gasteiger partial charge is 0.475 e. The highest BCUT2D eigenvalue weighted by Crippen LogP contribution is 2.39. The number of aryl methyl sites for hydroxylation is 1. The fourth-order valence-electron chi connectivity index (χ4n) is 5.04. The molecule has 0 radical (unpaired) electrons. The number of hydrogen-bond donors (Lipinski definition) is 1. The van der Waals surface area contributed by atoms with Gasteiger partial charge in [0.2, 0.25) is 0 Å². The number of benzene rings is 2. The number of piperidine rings is 1. The van der Waals surface area contributed by atoms with Crippen molar-refractivity contribution in [3.63, 3.8) is 0 Å². The largest absolute Gasteiger partial charge is 0.490 e. The molecule has 1 saturated heterocycles. The van der Waals surface area contributed by atoms with Gasteiger partial charge in [-0.1, -0.05) is 17.7 Å². The zero-order valence-corrected chi connectivity index (χ0v) is 20.9. The summed E-state index contributed by atoms with van der Waals surface area (Å²) in [6, 6.07) is 14.2. The number of carboxylic acid groups (broad SMARTS) is 1. The second-order valence-corrected chi connectivity index (χ2v) is 9.64. The van der Waals surface area contributed by atoms with E-state index in [9.17, 15) is 22.4 Å². The minimum atomic E-state index is -5.08. The fourth-order valence-corrected chi connectivity index (χ4v) is 5.04. The molecule has 5 rings (SSSR count). The Hall–Kier alpha value is -3.80. The summed E-state index contributed by atoms with van der Waals surface area (Å²) in [5.74, 6) is -1.23. The lowest BCUT2D eigenvalue weighted by Gasteiger charge is -2.48. The highest BCUT2D eigenvalue weighted by molar-refractivity contribution is 5.94. The van der Waals surface area contributed by atoms with Crippen molar-refractivity contribution in [2.75, 3.05) is 26.7 Å². The van der Waals surface area contributed by atoms with Crippen LogP contribution in [-0.4, -0.2) is 74.4 Å². The summed E-state index contributed by atoms with van der Waals surface area (Å²) < 4.78 is 47.5. The van der Waals surface area contributed by atoms with Gasteiger partial charge in [0.15, 0.2) is 5.82 Å². The number of carbonyl (C=O) groups excluding carboxylic acids is 1. The molecular formula is C26H27F4N5O3. The first-order chi connectivity index (χ1) is 17.9. The zero-order valence-electron chi connectivity index (χ0n) is 20.9. The standard InChI is InChI=1S/C24H26FN5O.C2HF3O2/c1-17-4-3-5-19(14-17)23(31)29-12-10-24(11-13-29)16-28(2)15-21-26-27-22(30(21)24)18-6-8-20(25)9-7-18;3-2(4,5)1(6)7/h3-9,14H,10-13,15-16H2,1-2H3;(H,6,7). The number of nitrogens with zero attached hydrogens (tertiary/aromatic N) is 5. The van der Waals surface area contributed by atoms with Gasteiger partial charge in [0.25, 0.3) is 5.91 Å². The molecule has 38 heavy (non-hydrogen) atoms. The van der Waals surface area contributed by atoms with Crippen molar-refractivity contribution >= 4 is 11.9 Å². The number of aliphatic carboxylic acids is 1. The van der Waals surface area contributed by atoms with Crippen molar-refractivity contribution in [2.45, 2.75) is 38.0 Å². The zero-order chi connectivity index (χ0) is 27.7. The average molecular weight is 534 g/mol. The van der Waals surface area contributed by atoms with E-state index in [0.29, 0.717) is 13.1 Å². The lowest BCUT2D eigenvalue weighted by atomic mass is 9.84. The number of halogens is 4. The number of hydrogen-bond acceptors (Lipinski definition) is 5. The molecule has 0 aliphatic carbocycles. The number of amides is 1. The summed E-state index contributed by atoms with van der Waals surface area (Å²) in [4.78, 5) is 26.2. The molecule has 0 atom stereocenters. The Balaban J connectivity index is 0.000000426. The van der Waals surface area contributed by atoms with Crippen LogP contribution in [0, 0.1) is 12.7 Å². The second kappa shape index (κ2) is 10.5. The number of aromatic nitrogens is 3. The molecule has 3 heterocycles. The highest BCUT2D eigenvalue weighted by Gasteiger charge is 2.44. The maximum Gasteiger partial charge on any atom is 0.490 e.